The first-order valence-electron chi connectivity index (χ1n) is 7.50. The first-order valence-corrected chi connectivity index (χ1v) is 7.50. The maximum absolute atomic E-state index is 12.1. The molecule has 0 radical (unpaired) electrons. The zero-order valence-corrected chi connectivity index (χ0v) is 13.0. The van der Waals surface area contributed by atoms with E-state index in [1.807, 2.05) is 6.07 Å². The fourth-order valence-electron chi connectivity index (χ4n) is 2.16. The Morgan fingerprint density at radius 1 is 1.17 bits per heavy atom. The van der Waals surface area contributed by atoms with Gasteiger partial charge < -0.3 is 14.9 Å². The minimum atomic E-state index is -0.629. The lowest BCUT2D eigenvalue weighted by atomic mass is 10.0. The predicted octanol–water partition coefficient (Wildman–Crippen LogP) is 3.33. The van der Waals surface area contributed by atoms with Gasteiger partial charge in [-0.3, -0.25) is 5.32 Å². The van der Waals surface area contributed by atoms with Crippen LogP contribution in [0, 0.1) is 11.3 Å². The highest BCUT2D eigenvalue weighted by atomic mass is 16.6. The molecule has 2 aromatic rings. The molecule has 0 aromatic heterocycles. The van der Waals surface area contributed by atoms with Crippen molar-refractivity contribution in [2.24, 2.45) is 0 Å². The van der Waals surface area contributed by atoms with E-state index >= 15 is 0 Å². The molecule has 6 heteroatoms. The van der Waals surface area contributed by atoms with Crippen LogP contribution in [0.4, 0.5) is 10.5 Å². The van der Waals surface area contributed by atoms with Crippen molar-refractivity contribution >= 4 is 11.8 Å². The van der Waals surface area contributed by atoms with Crippen molar-refractivity contribution in [3.8, 4) is 11.8 Å². The van der Waals surface area contributed by atoms with E-state index in [9.17, 15) is 9.90 Å². The smallest absolute Gasteiger partial charge is 0.412 e. The van der Waals surface area contributed by atoms with Crippen LogP contribution in [0.3, 0.4) is 0 Å². The number of benzene rings is 2. The quantitative estimate of drug-likeness (QED) is 0.755. The number of hydrogen-bond donors (Lipinski definition) is 3. The van der Waals surface area contributed by atoms with Gasteiger partial charge in [-0.1, -0.05) is 12.1 Å². The van der Waals surface area contributed by atoms with Crippen LogP contribution in [0.15, 0.2) is 48.5 Å². The first-order chi connectivity index (χ1) is 11.6. The van der Waals surface area contributed by atoms with Crippen molar-refractivity contribution in [3.05, 3.63) is 59.7 Å². The average molecular weight is 326 g/mol. The number of carbonyl (C=O) groups is 1. The monoisotopic (exact) mass is 326 g/mol. The van der Waals surface area contributed by atoms with Crippen molar-refractivity contribution in [2.75, 3.05) is 11.9 Å². The molecule has 0 aliphatic heterocycles. The molecule has 2 rings (SSSR count). The molecule has 0 spiro atoms. The Kier molecular flexibility index (Phi) is 6.17. The van der Waals surface area contributed by atoms with Gasteiger partial charge in [-0.25, -0.2) is 4.79 Å². The lowest BCUT2D eigenvalue weighted by Crippen LogP contribution is -2.18. The van der Waals surface area contributed by atoms with E-state index in [1.165, 1.54) is 12.1 Å². The SMILES string of the molecule is N#Cc1ccc(NC(=O)O[C@@H](CCCO)c2ccc(O)cc2)cc1. The van der Waals surface area contributed by atoms with Crippen LogP contribution < -0.4 is 5.32 Å². The molecule has 2 aromatic carbocycles. The van der Waals surface area contributed by atoms with Gasteiger partial charge in [0.25, 0.3) is 0 Å². The molecule has 0 bridgehead atoms. The van der Waals surface area contributed by atoms with Crippen LogP contribution in [0.5, 0.6) is 5.75 Å². The molecule has 0 aliphatic rings. The van der Waals surface area contributed by atoms with Crippen LogP contribution in [0.1, 0.15) is 30.1 Å². The number of ether oxygens (including phenoxy) is 1. The zero-order valence-electron chi connectivity index (χ0n) is 13.0. The average Bonchev–Trinajstić information content (AvgIpc) is 2.60. The number of aliphatic hydroxyl groups is 1. The Hall–Kier alpha value is -3.04. The second kappa shape index (κ2) is 8.56. The van der Waals surface area contributed by atoms with Crippen molar-refractivity contribution in [2.45, 2.75) is 18.9 Å². The molecule has 0 fully saturated rings. The summed E-state index contributed by atoms with van der Waals surface area (Å²) < 4.78 is 5.43. The highest BCUT2D eigenvalue weighted by Crippen LogP contribution is 2.25. The Morgan fingerprint density at radius 2 is 1.83 bits per heavy atom. The van der Waals surface area contributed by atoms with E-state index < -0.39 is 12.2 Å². The van der Waals surface area contributed by atoms with Crippen LogP contribution in [-0.4, -0.2) is 22.9 Å². The molecule has 1 atom stereocenters. The molecular formula is C18H18N2O4. The molecule has 24 heavy (non-hydrogen) atoms. The van der Waals surface area contributed by atoms with Gasteiger partial charge in [-0.05, 0) is 54.8 Å². The van der Waals surface area contributed by atoms with Crippen molar-refractivity contribution in [1.29, 1.82) is 5.26 Å². The summed E-state index contributed by atoms with van der Waals surface area (Å²) in [5, 5.41) is 29.7. The van der Waals surface area contributed by atoms with Gasteiger partial charge in [0.15, 0.2) is 0 Å². The summed E-state index contributed by atoms with van der Waals surface area (Å²) in [6.45, 7) is -0.00478. The van der Waals surface area contributed by atoms with Crippen molar-refractivity contribution in [1.82, 2.24) is 0 Å². The molecule has 6 nitrogen and oxygen atoms in total. The number of hydrogen-bond acceptors (Lipinski definition) is 5. The lowest BCUT2D eigenvalue weighted by molar-refractivity contribution is 0.0995. The third kappa shape index (κ3) is 5.00. The molecule has 124 valence electrons. The largest absolute Gasteiger partial charge is 0.508 e. The van der Waals surface area contributed by atoms with Crippen LogP contribution in [-0.2, 0) is 4.74 Å². The van der Waals surface area contributed by atoms with E-state index in [2.05, 4.69) is 5.32 Å². The first kappa shape index (κ1) is 17.3. The van der Waals surface area contributed by atoms with Gasteiger partial charge in [0.05, 0.1) is 11.6 Å². The highest BCUT2D eigenvalue weighted by molar-refractivity contribution is 5.84. The van der Waals surface area contributed by atoms with E-state index in [-0.39, 0.29) is 12.4 Å². The molecule has 3 N–H and O–H groups in total. The number of nitriles is 1. The molecule has 0 unspecified atom stereocenters. The van der Waals surface area contributed by atoms with Gasteiger partial charge in [0, 0.05) is 12.3 Å². The van der Waals surface area contributed by atoms with Gasteiger partial charge >= 0.3 is 6.09 Å². The van der Waals surface area contributed by atoms with Crippen molar-refractivity contribution in [3.63, 3.8) is 0 Å². The van der Waals surface area contributed by atoms with Gasteiger partial charge in [-0.2, -0.15) is 5.26 Å². The summed E-state index contributed by atoms with van der Waals surface area (Å²) in [4.78, 5) is 12.1. The summed E-state index contributed by atoms with van der Waals surface area (Å²) in [5.41, 5.74) is 1.75. The fourth-order valence-corrected chi connectivity index (χ4v) is 2.16. The predicted molar refractivity (Wildman–Crippen MR) is 88.4 cm³/mol. The molecule has 0 saturated heterocycles. The summed E-state index contributed by atoms with van der Waals surface area (Å²) in [6, 6.07) is 14.8. The topological polar surface area (TPSA) is 103 Å². The number of nitrogens with zero attached hydrogens (tertiary/aromatic N) is 1. The standard InChI is InChI=1S/C18H18N2O4/c19-12-13-3-7-15(8-4-13)20-18(23)24-17(2-1-11-21)14-5-9-16(22)10-6-14/h3-10,17,21-22H,1-2,11H2,(H,20,23)/t17-/m0/s1. The number of aliphatic hydroxyl groups excluding tert-OH is 1. The lowest BCUT2D eigenvalue weighted by Gasteiger charge is -2.18. The van der Waals surface area contributed by atoms with E-state index in [0.29, 0.717) is 24.1 Å². The van der Waals surface area contributed by atoms with E-state index in [0.717, 1.165) is 5.56 Å². The van der Waals surface area contributed by atoms with Crippen molar-refractivity contribution < 1.29 is 19.7 Å². The Bertz CT molecular complexity index is 705. The number of phenolic OH excluding ortho intramolecular Hbond substituents is 1. The molecular weight excluding hydrogens is 308 g/mol. The summed E-state index contributed by atoms with van der Waals surface area (Å²) in [6.07, 6.45) is -0.218. The second-order valence-electron chi connectivity index (χ2n) is 5.17. The number of aromatic hydroxyl groups is 1. The maximum atomic E-state index is 12.1. The number of amides is 1. The second-order valence-corrected chi connectivity index (χ2v) is 5.17. The fraction of sp³-hybridized carbons (Fsp3) is 0.222. The summed E-state index contributed by atoms with van der Waals surface area (Å²) in [5.74, 6) is 0.127. The number of carbonyl (C=O) groups excluding carboxylic acids is 1. The highest BCUT2D eigenvalue weighted by Gasteiger charge is 2.17. The Balaban J connectivity index is 2.03. The minimum absolute atomic E-state index is 0.00478. The van der Waals surface area contributed by atoms with E-state index in [4.69, 9.17) is 15.1 Å². The molecule has 0 saturated carbocycles. The number of anilines is 1. The normalized spacial score (nSPS) is 11.3. The molecule has 1 amide bonds. The Labute approximate surface area is 139 Å². The molecule has 0 aliphatic carbocycles. The summed E-state index contributed by atoms with van der Waals surface area (Å²) >= 11 is 0. The maximum Gasteiger partial charge on any atom is 0.412 e. The number of nitrogens with one attached hydrogen (secondary N) is 1. The minimum Gasteiger partial charge on any atom is -0.508 e. The third-order valence-electron chi connectivity index (χ3n) is 3.40. The summed E-state index contributed by atoms with van der Waals surface area (Å²) in [7, 11) is 0. The number of phenols is 1. The Morgan fingerprint density at radius 3 is 2.42 bits per heavy atom. The van der Waals surface area contributed by atoms with Gasteiger partial charge in [0.1, 0.15) is 11.9 Å². The van der Waals surface area contributed by atoms with E-state index in [1.54, 1.807) is 36.4 Å². The molecule has 0 heterocycles. The third-order valence-corrected chi connectivity index (χ3v) is 3.40. The van der Waals surface area contributed by atoms with Crippen LogP contribution >= 0.6 is 0 Å². The van der Waals surface area contributed by atoms with Crippen LogP contribution in [0.25, 0.3) is 0 Å². The van der Waals surface area contributed by atoms with Gasteiger partial charge in [-0.15, -0.1) is 0 Å². The van der Waals surface area contributed by atoms with Gasteiger partial charge in [0.2, 0.25) is 0 Å². The zero-order chi connectivity index (χ0) is 17.4. The van der Waals surface area contributed by atoms with Crippen LogP contribution in [0.2, 0.25) is 0 Å². The number of rotatable bonds is 6.